The molecule has 5 rings (SSSR count). The molecule has 2 saturated heterocycles. The van der Waals surface area contributed by atoms with Gasteiger partial charge in [-0.1, -0.05) is 6.07 Å². The van der Waals surface area contributed by atoms with Crippen LogP contribution in [0, 0.1) is 17.5 Å². The lowest BCUT2D eigenvalue weighted by atomic mass is 9.87. The van der Waals surface area contributed by atoms with Crippen LogP contribution in [0.5, 0.6) is 0 Å². The third-order valence-corrected chi connectivity index (χ3v) is 6.93. The van der Waals surface area contributed by atoms with Gasteiger partial charge in [0.1, 0.15) is 23.0 Å². The van der Waals surface area contributed by atoms with Crippen molar-refractivity contribution in [1.82, 2.24) is 14.8 Å². The van der Waals surface area contributed by atoms with Crippen LogP contribution in [0.1, 0.15) is 41.7 Å². The van der Waals surface area contributed by atoms with Gasteiger partial charge in [-0.15, -0.1) is 0 Å². The van der Waals surface area contributed by atoms with Gasteiger partial charge in [0.25, 0.3) is 5.91 Å². The lowest BCUT2D eigenvalue weighted by molar-refractivity contribution is -0.179. The maximum Gasteiger partial charge on any atom is 0.260 e. The van der Waals surface area contributed by atoms with Crippen molar-refractivity contribution in [2.24, 2.45) is 0 Å². The van der Waals surface area contributed by atoms with E-state index in [4.69, 9.17) is 4.74 Å². The number of carbonyl (C=O) groups excluding carboxylic acids is 1. The van der Waals surface area contributed by atoms with Gasteiger partial charge in [-0.05, 0) is 49.9 Å². The second-order valence-corrected chi connectivity index (χ2v) is 9.25. The molecule has 3 heterocycles. The van der Waals surface area contributed by atoms with Crippen molar-refractivity contribution < 1.29 is 22.7 Å². The smallest absolute Gasteiger partial charge is 0.260 e. The summed E-state index contributed by atoms with van der Waals surface area (Å²) in [6.07, 6.45) is 5.24. The third-order valence-electron chi connectivity index (χ3n) is 6.93. The summed E-state index contributed by atoms with van der Waals surface area (Å²) in [5.41, 5.74) is -0.939. The fourth-order valence-electron chi connectivity index (χ4n) is 4.99. The minimum Gasteiger partial charge on any atom is -0.365 e. The molecule has 2 aromatic rings. The largest absolute Gasteiger partial charge is 0.365 e. The molecule has 0 atom stereocenters. The summed E-state index contributed by atoms with van der Waals surface area (Å²) in [5, 5.41) is 0. The molecular weight excluding hydrogens is 419 g/mol. The second kappa shape index (κ2) is 8.15. The quantitative estimate of drug-likeness (QED) is 0.722. The highest BCUT2D eigenvalue weighted by atomic mass is 19.1. The van der Waals surface area contributed by atoms with Gasteiger partial charge in [-0.2, -0.15) is 0 Å². The summed E-state index contributed by atoms with van der Waals surface area (Å²) in [5.74, 6) is -2.57. The molecule has 3 aliphatic rings. The van der Waals surface area contributed by atoms with Crippen LogP contribution in [-0.2, 0) is 11.2 Å². The van der Waals surface area contributed by atoms with Gasteiger partial charge in [0, 0.05) is 32.3 Å². The number of halogens is 3. The fourth-order valence-corrected chi connectivity index (χ4v) is 4.99. The molecule has 170 valence electrons. The number of likely N-dealkylation sites (tertiary alicyclic amines) is 1. The SMILES string of the molecule is O=C(c1c(F)cccc1F)N1CC2(CCN(CCc3ncccc3F)CC2)OC2(CC2)C1. The highest BCUT2D eigenvalue weighted by molar-refractivity contribution is 5.95. The van der Waals surface area contributed by atoms with Crippen LogP contribution < -0.4 is 0 Å². The number of ether oxygens (including phenoxy) is 1. The minimum absolute atomic E-state index is 0.290. The van der Waals surface area contributed by atoms with Crippen LogP contribution in [-0.4, -0.2) is 64.6 Å². The summed E-state index contributed by atoms with van der Waals surface area (Å²) in [4.78, 5) is 21.0. The zero-order chi connectivity index (χ0) is 22.3. The number of aromatic nitrogens is 1. The van der Waals surface area contributed by atoms with Gasteiger partial charge in [0.2, 0.25) is 0 Å². The molecule has 0 unspecified atom stereocenters. The zero-order valence-corrected chi connectivity index (χ0v) is 17.8. The highest BCUT2D eigenvalue weighted by Gasteiger charge is 2.57. The molecule has 5 nitrogen and oxygen atoms in total. The number of carbonyl (C=O) groups is 1. The Kier molecular flexibility index (Phi) is 5.45. The van der Waals surface area contributed by atoms with E-state index in [1.807, 2.05) is 0 Å². The van der Waals surface area contributed by atoms with Crippen molar-refractivity contribution in [3.8, 4) is 0 Å². The Bertz CT molecular complexity index is 999. The van der Waals surface area contributed by atoms with E-state index < -0.39 is 34.3 Å². The summed E-state index contributed by atoms with van der Waals surface area (Å²) in [6.45, 7) is 2.88. The van der Waals surface area contributed by atoms with E-state index in [-0.39, 0.29) is 5.82 Å². The average Bonchev–Trinajstić information content (AvgIpc) is 3.51. The normalized spacial score (nSPS) is 21.8. The molecule has 0 N–H and O–H groups in total. The first-order valence-electron chi connectivity index (χ1n) is 11.1. The molecule has 32 heavy (non-hydrogen) atoms. The monoisotopic (exact) mass is 445 g/mol. The van der Waals surface area contributed by atoms with Crippen LogP contribution in [0.25, 0.3) is 0 Å². The van der Waals surface area contributed by atoms with Gasteiger partial charge in [-0.25, -0.2) is 13.2 Å². The predicted octanol–water partition coefficient (Wildman–Crippen LogP) is 3.58. The first kappa shape index (κ1) is 21.4. The lowest BCUT2D eigenvalue weighted by Crippen LogP contribution is -2.61. The zero-order valence-electron chi connectivity index (χ0n) is 17.8. The lowest BCUT2D eigenvalue weighted by Gasteiger charge is -2.50. The van der Waals surface area contributed by atoms with Crippen molar-refractivity contribution in [3.05, 3.63) is 65.2 Å². The molecule has 1 amide bonds. The Morgan fingerprint density at radius 2 is 1.56 bits per heavy atom. The van der Waals surface area contributed by atoms with Crippen molar-refractivity contribution in [3.63, 3.8) is 0 Å². The summed E-state index contributed by atoms with van der Waals surface area (Å²) in [6, 6.07) is 6.49. The maximum absolute atomic E-state index is 14.2. The number of piperidine rings is 1. The number of hydrogen-bond acceptors (Lipinski definition) is 4. The average molecular weight is 445 g/mol. The third kappa shape index (κ3) is 4.13. The topological polar surface area (TPSA) is 45.7 Å². The number of hydrogen-bond donors (Lipinski definition) is 0. The molecule has 0 radical (unpaired) electrons. The summed E-state index contributed by atoms with van der Waals surface area (Å²) >= 11 is 0. The molecule has 1 aromatic heterocycles. The van der Waals surface area contributed by atoms with Crippen molar-refractivity contribution in [2.75, 3.05) is 32.7 Å². The Morgan fingerprint density at radius 1 is 0.938 bits per heavy atom. The van der Waals surface area contributed by atoms with Crippen LogP contribution in [0.4, 0.5) is 13.2 Å². The first-order chi connectivity index (χ1) is 15.4. The number of benzene rings is 1. The molecule has 2 aliphatic heterocycles. The number of amides is 1. The molecule has 1 saturated carbocycles. The standard InChI is InChI=1S/C24H26F3N3O2/c25-17-5-2-11-28-20(17)6-12-29-13-9-24(10-14-29)16-30(15-23(32-24)7-8-23)22(31)21-18(26)3-1-4-19(21)27/h1-5,11H,6-10,12-16H2. The van der Waals surface area contributed by atoms with Gasteiger partial charge in [0.05, 0.1) is 30.0 Å². The molecular formula is C24H26F3N3O2. The molecule has 1 aromatic carbocycles. The Morgan fingerprint density at radius 3 is 2.19 bits per heavy atom. The Labute approximate surface area is 185 Å². The van der Waals surface area contributed by atoms with Gasteiger partial charge in [0.15, 0.2) is 0 Å². The van der Waals surface area contributed by atoms with E-state index in [1.165, 1.54) is 12.1 Å². The van der Waals surface area contributed by atoms with E-state index in [0.29, 0.717) is 44.6 Å². The minimum atomic E-state index is -0.836. The Balaban J connectivity index is 1.26. The number of rotatable bonds is 4. The summed E-state index contributed by atoms with van der Waals surface area (Å²) in [7, 11) is 0. The molecule has 0 bridgehead atoms. The molecule has 2 spiro atoms. The van der Waals surface area contributed by atoms with Crippen LogP contribution in [0.3, 0.4) is 0 Å². The Hall–Kier alpha value is -2.45. The second-order valence-electron chi connectivity index (χ2n) is 9.25. The van der Waals surface area contributed by atoms with Crippen LogP contribution in [0.2, 0.25) is 0 Å². The number of morpholine rings is 1. The maximum atomic E-state index is 14.2. The van der Waals surface area contributed by atoms with Crippen LogP contribution >= 0.6 is 0 Å². The molecule has 1 aliphatic carbocycles. The summed E-state index contributed by atoms with van der Waals surface area (Å²) < 4.78 is 48.9. The fraction of sp³-hybridized carbons (Fsp3) is 0.500. The van der Waals surface area contributed by atoms with Crippen LogP contribution in [0.15, 0.2) is 36.5 Å². The van der Waals surface area contributed by atoms with Crippen molar-refractivity contribution in [2.45, 2.75) is 43.3 Å². The molecule has 3 fully saturated rings. The van der Waals surface area contributed by atoms with Crippen molar-refractivity contribution >= 4 is 5.91 Å². The van der Waals surface area contributed by atoms with E-state index in [1.54, 1.807) is 17.2 Å². The number of pyridine rings is 1. The van der Waals surface area contributed by atoms with Crippen molar-refractivity contribution in [1.29, 1.82) is 0 Å². The van der Waals surface area contributed by atoms with E-state index in [0.717, 1.165) is 38.1 Å². The predicted molar refractivity (Wildman–Crippen MR) is 112 cm³/mol. The number of nitrogens with zero attached hydrogens (tertiary/aromatic N) is 3. The first-order valence-corrected chi connectivity index (χ1v) is 11.1. The van der Waals surface area contributed by atoms with E-state index in [2.05, 4.69) is 9.88 Å². The van der Waals surface area contributed by atoms with Gasteiger partial charge < -0.3 is 14.5 Å². The van der Waals surface area contributed by atoms with E-state index >= 15 is 0 Å². The van der Waals surface area contributed by atoms with Gasteiger partial charge in [-0.3, -0.25) is 9.78 Å². The van der Waals surface area contributed by atoms with Gasteiger partial charge >= 0.3 is 0 Å². The highest BCUT2D eigenvalue weighted by Crippen LogP contribution is 2.49. The van der Waals surface area contributed by atoms with E-state index in [9.17, 15) is 18.0 Å². The molecule has 8 heteroatoms.